The molecule has 0 fully saturated rings. The van der Waals surface area contributed by atoms with Gasteiger partial charge in [0, 0.05) is 18.1 Å². The number of aliphatic imine (C=N–C) groups is 1. The summed E-state index contributed by atoms with van der Waals surface area (Å²) >= 11 is 7.63. The number of amides is 1. The lowest BCUT2D eigenvalue weighted by Gasteiger charge is -2.13. The fourth-order valence-electron chi connectivity index (χ4n) is 3.04. The fourth-order valence-corrected chi connectivity index (χ4v) is 4.04. The van der Waals surface area contributed by atoms with Crippen molar-refractivity contribution in [3.05, 3.63) is 75.8 Å². The van der Waals surface area contributed by atoms with Gasteiger partial charge in [0.05, 0.1) is 21.1 Å². The molecule has 0 aliphatic carbocycles. The van der Waals surface area contributed by atoms with Gasteiger partial charge in [0.1, 0.15) is 0 Å². The zero-order chi connectivity index (χ0) is 20.4. The number of pyridine rings is 1. The highest BCUT2D eigenvalue weighted by Crippen LogP contribution is 2.32. The predicted octanol–water partition coefficient (Wildman–Crippen LogP) is 5.03. The molecule has 146 valence electrons. The summed E-state index contributed by atoms with van der Waals surface area (Å²) in [5.41, 5.74) is 3.72. The van der Waals surface area contributed by atoms with Gasteiger partial charge in [0.2, 0.25) is 0 Å². The second-order valence-corrected chi connectivity index (χ2v) is 8.40. The first kappa shape index (κ1) is 19.6. The number of benzene rings is 2. The summed E-state index contributed by atoms with van der Waals surface area (Å²) in [6.45, 7) is 0.798. The molecule has 1 aliphatic rings. The van der Waals surface area contributed by atoms with Crippen molar-refractivity contribution < 1.29 is 4.79 Å². The Bertz CT molecular complexity index is 1160. The molecule has 7 heteroatoms. The number of hydrogen-bond donors (Lipinski definition) is 1. The first-order chi connectivity index (χ1) is 14.0. The summed E-state index contributed by atoms with van der Waals surface area (Å²) in [7, 11) is 4.02. The lowest BCUT2D eigenvalue weighted by molar-refractivity contribution is -0.113. The van der Waals surface area contributed by atoms with Crippen LogP contribution in [0.1, 0.15) is 11.1 Å². The smallest absolute Gasteiger partial charge is 0.286 e. The van der Waals surface area contributed by atoms with Crippen molar-refractivity contribution in [2.75, 3.05) is 19.4 Å². The molecule has 2 aromatic carbocycles. The topological polar surface area (TPSA) is 57.6 Å². The molecule has 0 atom stereocenters. The molecule has 5 nitrogen and oxygen atoms in total. The lowest BCUT2D eigenvalue weighted by Crippen LogP contribution is -2.11. The molecule has 0 saturated carbocycles. The minimum Gasteiger partial charge on any atom is -0.333 e. The van der Waals surface area contributed by atoms with Gasteiger partial charge < -0.3 is 10.2 Å². The first-order valence-corrected chi connectivity index (χ1v) is 10.2. The number of rotatable bonds is 4. The number of aromatic nitrogens is 1. The van der Waals surface area contributed by atoms with Crippen molar-refractivity contribution in [2.45, 2.75) is 6.54 Å². The summed E-state index contributed by atoms with van der Waals surface area (Å²) < 4.78 is 0. The van der Waals surface area contributed by atoms with Crippen molar-refractivity contribution in [1.82, 2.24) is 9.88 Å². The Morgan fingerprint density at radius 2 is 2.03 bits per heavy atom. The maximum atomic E-state index is 12.4. The summed E-state index contributed by atoms with van der Waals surface area (Å²) in [6, 6.07) is 15.6. The van der Waals surface area contributed by atoms with Crippen LogP contribution in [0.3, 0.4) is 0 Å². The number of fused-ring (bicyclic) bond motifs is 1. The van der Waals surface area contributed by atoms with E-state index in [4.69, 9.17) is 11.6 Å². The highest BCUT2D eigenvalue weighted by molar-refractivity contribution is 8.18. The molecule has 0 saturated heterocycles. The number of halogens is 1. The maximum absolute atomic E-state index is 12.4. The molecule has 1 aliphatic heterocycles. The summed E-state index contributed by atoms with van der Waals surface area (Å²) in [6.07, 6.45) is 3.61. The number of amidine groups is 1. The van der Waals surface area contributed by atoms with Crippen molar-refractivity contribution >= 4 is 57.1 Å². The van der Waals surface area contributed by atoms with Gasteiger partial charge in [0.25, 0.3) is 5.91 Å². The summed E-state index contributed by atoms with van der Waals surface area (Å²) in [5.74, 6) is -0.260. The van der Waals surface area contributed by atoms with E-state index in [2.05, 4.69) is 20.2 Å². The van der Waals surface area contributed by atoms with Gasteiger partial charge in [-0.05, 0) is 73.4 Å². The van der Waals surface area contributed by atoms with Gasteiger partial charge in [-0.3, -0.25) is 9.78 Å². The monoisotopic (exact) mass is 422 g/mol. The normalized spacial score (nSPS) is 15.4. The van der Waals surface area contributed by atoms with E-state index >= 15 is 0 Å². The van der Waals surface area contributed by atoms with Gasteiger partial charge in [-0.2, -0.15) is 4.99 Å². The summed E-state index contributed by atoms with van der Waals surface area (Å²) in [4.78, 5) is 23.5. The zero-order valence-electron chi connectivity index (χ0n) is 16.0. The highest BCUT2D eigenvalue weighted by Gasteiger charge is 2.22. The van der Waals surface area contributed by atoms with Crippen LogP contribution in [0.5, 0.6) is 0 Å². The average molecular weight is 423 g/mol. The maximum Gasteiger partial charge on any atom is 0.286 e. The van der Waals surface area contributed by atoms with Gasteiger partial charge in [-0.25, -0.2) is 0 Å². The Morgan fingerprint density at radius 1 is 1.17 bits per heavy atom. The quantitative estimate of drug-likeness (QED) is 0.597. The van der Waals surface area contributed by atoms with Crippen molar-refractivity contribution in [1.29, 1.82) is 0 Å². The molecule has 0 radical (unpaired) electrons. The molecule has 4 rings (SSSR count). The third kappa shape index (κ3) is 4.67. The largest absolute Gasteiger partial charge is 0.333 e. The van der Waals surface area contributed by atoms with Crippen LogP contribution < -0.4 is 5.32 Å². The van der Waals surface area contributed by atoms with E-state index in [0.29, 0.717) is 15.1 Å². The molecule has 0 spiro atoms. The Hall–Kier alpha value is -2.67. The van der Waals surface area contributed by atoms with E-state index in [1.54, 1.807) is 6.20 Å². The van der Waals surface area contributed by atoms with Crippen LogP contribution in [0, 0.1) is 0 Å². The van der Waals surface area contributed by atoms with Crippen molar-refractivity contribution in [3.8, 4) is 0 Å². The number of thioether (sulfide) groups is 1. The van der Waals surface area contributed by atoms with E-state index in [1.807, 2.05) is 68.7 Å². The number of anilines is 1. The van der Waals surface area contributed by atoms with Crippen LogP contribution in [0.25, 0.3) is 17.0 Å². The average Bonchev–Trinajstić information content (AvgIpc) is 3.03. The molecule has 0 bridgehead atoms. The third-order valence-electron chi connectivity index (χ3n) is 4.32. The van der Waals surface area contributed by atoms with Crippen LogP contribution in [0.2, 0.25) is 5.02 Å². The number of nitrogens with one attached hydrogen (secondary N) is 1. The van der Waals surface area contributed by atoms with Crippen molar-refractivity contribution in [3.63, 3.8) is 0 Å². The fraction of sp³-hybridized carbons (Fsp3) is 0.136. The van der Waals surface area contributed by atoms with E-state index in [0.717, 1.165) is 34.3 Å². The lowest BCUT2D eigenvalue weighted by atomic mass is 10.1. The molecule has 2 heterocycles. The van der Waals surface area contributed by atoms with Crippen LogP contribution in [0.15, 0.2) is 64.6 Å². The van der Waals surface area contributed by atoms with Crippen molar-refractivity contribution in [2.24, 2.45) is 4.99 Å². The van der Waals surface area contributed by atoms with Crippen LogP contribution >= 0.6 is 23.4 Å². The van der Waals surface area contributed by atoms with E-state index in [-0.39, 0.29) is 5.91 Å². The second-order valence-electron chi connectivity index (χ2n) is 6.97. The molecule has 1 N–H and O–H groups in total. The zero-order valence-corrected chi connectivity index (χ0v) is 17.6. The Kier molecular flexibility index (Phi) is 5.67. The Morgan fingerprint density at radius 3 is 2.86 bits per heavy atom. The number of carbonyl (C=O) groups excluding carboxylic acids is 1. The predicted molar refractivity (Wildman–Crippen MR) is 122 cm³/mol. The molecule has 29 heavy (non-hydrogen) atoms. The van der Waals surface area contributed by atoms with Gasteiger partial charge in [0.15, 0.2) is 5.17 Å². The van der Waals surface area contributed by atoms with Gasteiger partial charge >= 0.3 is 0 Å². The SMILES string of the molecule is CN(C)Cc1ccc(Cl)c(NC2=NC(=O)C(=Cc3ccc4ncccc4c3)S2)c1. The van der Waals surface area contributed by atoms with E-state index in [9.17, 15) is 4.79 Å². The number of carbonyl (C=O) groups is 1. The summed E-state index contributed by atoms with van der Waals surface area (Å²) in [5, 5.41) is 5.32. The van der Waals surface area contributed by atoms with E-state index in [1.165, 1.54) is 11.8 Å². The van der Waals surface area contributed by atoms with Crippen LogP contribution in [-0.2, 0) is 11.3 Å². The number of hydrogen-bond acceptors (Lipinski definition) is 5. The van der Waals surface area contributed by atoms with Gasteiger partial charge in [-0.15, -0.1) is 0 Å². The minimum absolute atomic E-state index is 0.260. The highest BCUT2D eigenvalue weighted by atomic mass is 35.5. The molecular formula is C22H19ClN4OS. The molecule has 1 aromatic heterocycles. The standard InChI is InChI=1S/C22H19ClN4OS/c1-27(2)13-15-5-7-17(23)19(11-15)25-22-26-21(28)20(29-22)12-14-6-8-18-16(10-14)4-3-9-24-18/h3-12H,13H2,1-2H3,(H,25,26,28). The minimum atomic E-state index is -0.260. The van der Waals surface area contributed by atoms with Crippen LogP contribution in [-0.4, -0.2) is 35.1 Å². The Balaban J connectivity index is 1.52. The molecule has 1 amide bonds. The van der Waals surface area contributed by atoms with Crippen LogP contribution in [0.4, 0.5) is 5.69 Å². The third-order valence-corrected chi connectivity index (χ3v) is 5.55. The molecule has 3 aromatic rings. The van der Waals surface area contributed by atoms with Gasteiger partial charge in [-0.1, -0.05) is 29.8 Å². The molecule has 0 unspecified atom stereocenters. The second kappa shape index (κ2) is 8.37. The van der Waals surface area contributed by atoms with E-state index < -0.39 is 0 Å². The number of nitrogens with zero attached hydrogens (tertiary/aromatic N) is 3. The first-order valence-electron chi connectivity index (χ1n) is 9.05. The Labute approximate surface area is 178 Å². The molecular weight excluding hydrogens is 404 g/mol.